The number of ether oxygens (including phenoxy) is 1. The second-order valence-corrected chi connectivity index (χ2v) is 7.64. The summed E-state index contributed by atoms with van der Waals surface area (Å²) in [5.41, 5.74) is 11.9. The first kappa shape index (κ1) is 20.8. The van der Waals surface area contributed by atoms with Crippen LogP contribution in [0.25, 0.3) is 11.1 Å². The first-order valence-corrected chi connectivity index (χ1v) is 10.00. The molecule has 0 fully saturated rings. The van der Waals surface area contributed by atoms with Crippen LogP contribution in [0.3, 0.4) is 0 Å². The Kier molecular flexibility index (Phi) is 7.18. The van der Waals surface area contributed by atoms with Crippen molar-refractivity contribution in [1.82, 2.24) is 9.55 Å². The van der Waals surface area contributed by atoms with Crippen LogP contribution in [0, 0.1) is 17.2 Å². The van der Waals surface area contributed by atoms with Crippen LogP contribution < -0.4 is 5.73 Å². The molecule has 0 spiro atoms. The molecule has 0 bridgehead atoms. The quantitative estimate of drug-likeness (QED) is 0.597. The van der Waals surface area contributed by atoms with Crippen molar-refractivity contribution in [3.05, 3.63) is 77.4 Å². The number of imidazole rings is 1. The van der Waals surface area contributed by atoms with Crippen molar-refractivity contribution in [3.8, 4) is 17.2 Å². The van der Waals surface area contributed by atoms with Gasteiger partial charge in [-0.1, -0.05) is 44.2 Å². The molecule has 2 N–H and O–H groups in total. The Balaban J connectivity index is 1.87. The Morgan fingerprint density at radius 2 is 1.97 bits per heavy atom. The number of aromatic nitrogens is 2. The highest BCUT2D eigenvalue weighted by Crippen LogP contribution is 2.26. The third kappa shape index (κ3) is 5.54. The van der Waals surface area contributed by atoms with Crippen LogP contribution >= 0.6 is 0 Å². The van der Waals surface area contributed by atoms with Gasteiger partial charge in [0.15, 0.2) is 0 Å². The van der Waals surface area contributed by atoms with E-state index in [1.807, 2.05) is 30.7 Å². The smallest absolute Gasteiger partial charge is 0.0991 e. The molecule has 0 radical (unpaired) electrons. The molecular weight excluding hydrogens is 360 g/mol. The van der Waals surface area contributed by atoms with E-state index in [2.05, 4.69) is 53.7 Å². The molecular formula is C24H28N4O. The summed E-state index contributed by atoms with van der Waals surface area (Å²) in [6.45, 7) is 6.79. The van der Waals surface area contributed by atoms with Crippen LogP contribution in [0.15, 0.2) is 55.0 Å². The van der Waals surface area contributed by atoms with E-state index in [0.717, 1.165) is 35.4 Å². The minimum absolute atomic E-state index is 0.493. The second-order valence-electron chi connectivity index (χ2n) is 7.64. The first-order valence-electron chi connectivity index (χ1n) is 10.00. The molecule has 0 saturated heterocycles. The van der Waals surface area contributed by atoms with Crippen molar-refractivity contribution in [2.24, 2.45) is 11.7 Å². The zero-order valence-corrected chi connectivity index (χ0v) is 17.1. The van der Waals surface area contributed by atoms with Crippen LogP contribution in [0.1, 0.15) is 36.2 Å². The van der Waals surface area contributed by atoms with Crippen LogP contribution in [0.4, 0.5) is 0 Å². The Hall–Kier alpha value is -2.94. The normalized spacial score (nSPS) is 11.0. The first-order chi connectivity index (χ1) is 14.1. The number of nitrogens with two attached hydrogens (primary N) is 1. The maximum Gasteiger partial charge on any atom is 0.0991 e. The van der Waals surface area contributed by atoms with Gasteiger partial charge in [-0.2, -0.15) is 5.26 Å². The van der Waals surface area contributed by atoms with Crippen LogP contribution in [-0.4, -0.2) is 22.7 Å². The molecule has 0 amide bonds. The van der Waals surface area contributed by atoms with Gasteiger partial charge in [0, 0.05) is 13.2 Å². The number of nitriles is 1. The van der Waals surface area contributed by atoms with Crippen molar-refractivity contribution in [3.63, 3.8) is 0 Å². The number of benzene rings is 2. The zero-order valence-electron chi connectivity index (χ0n) is 17.1. The molecule has 0 aliphatic carbocycles. The van der Waals surface area contributed by atoms with Gasteiger partial charge in [0.2, 0.25) is 0 Å². The third-order valence-corrected chi connectivity index (χ3v) is 4.77. The summed E-state index contributed by atoms with van der Waals surface area (Å²) in [5.74, 6) is 0.493. The van der Waals surface area contributed by atoms with Gasteiger partial charge in [-0.3, -0.25) is 0 Å². The summed E-state index contributed by atoms with van der Waals surface area (Å²) in [7, 11) is 0. The van der Waals surface area contributed by atoms with Crippen molar-refractivity contribution < 1.29 is 4.74 Å². The number of hydrogen-bond donors (Lipinski definition) is 1. The molecule has 2 aromatic carbocycles. The summed E-state index contributed by atoms with van der Waals surface area (Å²) in [6, 6.07) is 16.6. The van der Waals surface area contributed by atoms with Crippen LogP contribution in [0.5, 0.6) is 0 Å². The molecule has 150 valence electrons. The van der Waals surface area contributed by atoms with E-state index in [4.69, 9.17) is 10.5 Å². The van der Waals surface area contributed by atoms with Gasteiger partial charge >= 0.3 is 0 Å². The average molecular weight is 389 g/mol. The molecule has 0 atom stereocenters. The average Bonchev–Trinajstić information content (AvgIpc) is 3.15. The molecule has 1 aromatic heterocycles. The van der Waals surface area contributed by atoms with Gasteiger partial charge < -0.3 is 15.0 Å². The predicted molar refractivity (Wildman–Crippen MR) is 115 cm³/mol. The fraction of sp³-hybridized carbons (Fsp3) is 0.333. The van der Waals surface area contributed by atoms with Gasteiger partial charge in [-0.05, 0) is 53.3 Å². The zero-order chi connectivity index (χ0) is 20.6. The van der Waals surface area contributed by atoms with Crippen LogP contribution in [0.2, 0.25) is 0 Å². The van der Waals surface area contributed by atoms with Gasteiger partial charge in [-0.25, -0.2) is 4.98 Å². The molecule has 0 unspecified atom stereocenters. The lowest BCUT2D eigenvalue weighted by Gasteiger charge is -2.14. The van der Waals surface area contributed by atoms with E-state index >= 15 is 0 Å². The molecule has 3 aromatic rings. The lowest BCUT2D eigenvalue weighted by molar-refractivity contribution is 0.0929. The summed E-state index contributed by atoms with van der Waals surface area (Å²) in [5, 5.41) is 9.37. The van der Waals surface area contributed by atoms with Crippen LogP contribution in [-0.2, 0) is 24.3 Å². The predicted octanol–water partition coefficient (Wildman–Crippen LogP) is 4.14. The highest BCUT2D eigenvalue weighted by Gasteiger charge is 2.10. The topological polar surface area (TPSA) is 76.9 Å². The van der Waals surface area contributed by atoms with E-state index in [-0.39, 0.29) is 0 Å². The lowest BCUT2D eigenvalue weighted by atomic mass is 9.96. The largest absolute Gasteiger partial charge is 0.375 e. The Morgan fingerprint density at radius 1 is 1.17 bits per heavy atom. The monoisotopic (exact) mass is 388 g/mol. The highest BCUT2D eigenvalue weighted by molar-refractivity contribution is 5.68. The summed E-state index contributed by atoms with van der Waals surface area (Å²) < 4.78 is 7.88. The summed E-state index contributed by atoms with van der Waals surface area (Å²) in [6.07, 6.45) is 4.53. The SMILES string of the molecule is CC(C)COCc1cncn1Cc1cc(C#N)ccc1-c1ccc(CCN)cc1. The number of hydrogen-bond acceptors (Lipinski definition) is 4. The van der Waals surface area contributed by atoms with E-state index in [1.165, 1.54) is 5.56 Å². The molecule has 3 rings (SSSR count). The van der Waals surface area contributed by atoms with E-state index in [0.29, 0.717) is 31.2 Å². The lowest BCUT2D eigenvalue weighted by Crippen LogP contribution is -2.08. The van der Waals surface area contributed by atoms with E-state index in [9.17, 15) is 5.26 Å². The van der Waals surface area contributed by atoms with Crippen molar-refractivity contribution in [2.45, 2.75) is 33.4 Å². The molecule has 29 heavy (non-hydrogen) atoms. The number of rotatable bonds is 9. The standard InChI is InChI=1S/C24H28N4O/c1-18(2)15-29-16-23-13-27-17-28(23)14-22-11-20(12-26)5-8-24(22)21-6-3-19(4-7-21)9-10-25/h3-8,11,13,17-18H,9-10,14-16,25H2,1-2H3. The fourth-order valence-electron chi connectivity index (χ4n) is 3.29. The summed E-state index contributed by atoms with van der Waals surface area (Å²) >= 11 is 0. The highest BCUT2D eigenvalue weighted by atomic mass is 16.5. The van der Waals surface area contributed by atoms with E-state index in [1.54, 1.807) is 0 Å². The van der Waals surface area contributed by atoms with Crippen molar-refractivity contribution >= 4 is 0 Å². The van der Waals surface area contributed by atoms with Gasteiger partial charge in [0.1, 0.15) is 0 Å². The number of nitrogens with zero attached hydrogens (tertiary/aromatic N) is 3. The van der Waals surface area contributed by atoms with Crippen molar-refractivity contribution in [2.75, 3.05) is 13.2 Å². The molecule has 0 saturated carbocycles. The maximum absolute atomic E-state index is 9.37. The second kappa shape index (κ2) is 10.0. The minimum atomic E-state index is 0.493. The van der Waals surface area contributed by atoms with Gasteiger partial charge in [0.05, 0.1) is 36.5 Å². The Labute approximate surface area is 172 Å². The van der Waals surface area contributed by atoms with Gasteiger partial charge in [0.25, 0.3) is 0 Å². The summed E-state index contributed by atoms with van der Waals surface area (Å²) in [4.78, 5) is 4.30. The maximum atomic E-state index is 9.37. The van der Waals surface area contributed by atoms with Crippen molar-refractivity contribution in [1.29, 1.82) is 5.26 Å². The molecule has 0 aliphatic heterocycles. The Morgan fingerprint density at radius 3 is 2.66 bits per heavy atom. The molecule has 5 nitrogen and oxygen atoms in total. The minimum Gasteiger partial charge on any atom is -0.375 e. The molecule has 5 heteroatoms. The third-order valence-electron chi connectivity index (χ3n) is 4.77. The molecule has 1 heterocycles. The molecule has 0 aliphatic rings. The Bertz CT molecular complexity index is 967. The van der Waals surface area contributed by atoms with Gasteiger partial charge in [-0.15, -0.1) is 0 Å². The van der Waals surface area contributed by atoms with E-state index < -0.39 is 0 Å². The fourth-order valence-corrected chi connectivity index (χ4v) is 3.29.